The summed E-state index contributed by atoms with van der Waals surface area (Å²) in [7, 11) is 0. The van der Waals surface area contributed by atoms with Crippen LogP contribution in [0.5, 0.6) is 0 Å². The minimum atomic E-state index is 0.460. The summed E-state index contributed by atoms with van der Waals surface area (Å²) in [6.45, 7) is 0. The molecule has 122 valence electrons. The van der Waals surface area contributed by atoms with Crippen molar-refractivity contribution in [1.82, 2.24) is 14.6 Å². The Balaban J connectivity index is 1.81. The third-order valence-electron chi connectivity index (χ3n) is 4.64. The van der Waals surface area contributed by atoms with Crippen molar-refractivity contribution >= 4 is 27.4 Å². The maximum absolute atomic E-state index is 9.30. The van der Waals surface area contributed by atoms with Gasteiger partial charge in [-0.3, -0.25) is 5.10 Å². The molecule has 3 aromatic rings. The summed E-state index contributed by atoms with van der Waals surface area (Å²) in [5.41, 5.74) is 3.16. The number of nitriles is 1. The molecule has 2 aromatic heterocycles. The largest absolute Gasteiger partial charge is 0.365 e. The first-order valence-corrected chi connectivity index (χ1v) is 9.08. The van der Waals surface area contributed by atoms with Gasteiger partial charge in [0.2, 0.25) is 0 Å². The number of rotatable bonds is 3. The first kappa shape index (κ1) is 15.3. The Morgan fingerprint density at radius 1 is 1.21 bits per heavy atom. The van der Waals surface area contributed by atoms with E-state index in [0.29, 0.717) is 17.3 Å². The Labute approximate surface area is 148 Å². The van der Waals surface area contributed by atoms with Crippen molar-refractivity contribution in [2.45, 2.75) is 38.1 Å². The summed E-state index contributed by atoms with van der Waals surface area (Å²) in [5.74, 6) is 0.945. The highest BCUT2D eigenvalue weighted by Crippen LogP contribution is 2.32. The lowest BCUT2D eigenvalue weighted by molar-refractivity contribution is 0.461. The van der Waals surface area contributed by atoms with Crippen molar-refractivity contribution < 1.29 is 0 Å². The fourth-order valence-electron chi connectivity index (χ4n) is 3.39. The maximum atomic E-state index is 9.30. The van der Waals surface area contributed by atoms with E-state index in [0.717, 1.165) is 21.5 Å². The average Bonchev–Trinajstić information content (AvgIpc) is 3.17. The van der Waals surface area contributed by atoms with E-state index in [2.05, 4.69) is 32.4 Å². The van der Waals surface area contributed by atoms with E-state index in [1.807, 2.05) is 28.8 Å². The number of hydrogen-bond donors (Lipinski definition) is 2. The predicted octanol–water partition coefficient (Wildman–Crippen LogP) is 4.71. The number of fused-ring (bicyclic) bond motifs is 1. The van der Waals surface area contributed by atoms with Crippen molar-refractivity contribution in [3.8, 4) is 17.3 Å². The van der Waals surface area contributed by atoms with Gasteiger partial charge in [-0.1, -0.05) is 47.3 Å². The molecule has 0 aliphatic heterocycles. The molecule has 0 amide bonds. The zero-order valence-electron chi connectivity index (χ0n) is 13.2. The molecule has 0 bridgehead atoms. The van der Waals surface area contributed by atoms with Crippen LogP contribution in [0, 0.1) is 11.3 Å². The topological polar surface area (TPSA) is 68.9 Å². The standard InChI is InChI=1S/C18H18BrN5/c19-14-8-6-12(7-9-14)16-18(22-15-4-2-1-3-5-15)24-17(23-16)13(10-20)11-21-24/h6-9,11,15,21-22H,1-5H2. The summed E-state index contributed by atoms with van der Waals surface area (Å²) in [4.78, 5) is 4.74. The lowest BCUT2D eigenvalue weighted by atomic mass is 9.95. The fourth-order valence-corrected chi connectivity index (χ4v) is 3.65. The molecule has 1 aromatic carbocycles. The highest BCUT2D eigenvalue weighted by atomic mass is 79.9. The van der Waals surface area contributed by atoms with Crippen LogP contribution in [0.25, 0.3) is 16.9 Å². The van der Waals surface area contributed by atoms with E-state index in [9.17, 15) is 5.26 Å². The van der Waals surface area contributed by atoms with Crippen molar-refractivity contribution in [2.24, 2.45) is 0 Å². The second-order valence-corrected chi connectivity index (χ2v) is 7.17. The molecule has 2 heterocycles. The number of hydrogen-bond acceptors (Lipinski definition) is 3. The summed E-state index contributed by atoms with van der Waals surface area (Å²) in [6, 6.07) is 10.8. The van der Waals surface area contributed by atoms with Gasteiger partial charge in [-0.15, -0.1) is 0 Å². The van der Waals surface area contributed by atoms with Crippen LogP contribution in [-0.4, -0.2) is 20.6 Å². The molecule has 6 heteroatoms. The van der Waals surface area contributed by atoms with Crippen LogP contribution in [0.4, 0.5) is 5.82 Å². The normalized spacial score (nSPS) is 15.5. The molecular weight excluding hydrogens is 366 g/mol. The van der Waals surface area contributed by atoms with Gasteiger partial charge in [0, 0.05) is 22.3 Å². The Morgan fingerprint density at radius 2 is 1.96 bits per heavy atom. The van der Waals surface area contributed by atoms with Crippen LogP contribution < -0.4 is 5.32 Å². The first-order valence-electron chi connectivity index (χ1n) is 8.28. The van der Waals surface area contributed by atoms with Crippen molar-refractivity contribution in [1.29, 1.82) is 5.26 Å². The summed E-state index contributed by atoms with van der Waals surface area (Å²) in [5, 5.41) is 16.1. The summed E-state index contributed by atoms with van der Waals surface area (Å²) >= 11 is 3.48. The minimum absolute atomic E-state index is 0.460. The van der Waals surface area contributed by atoms with Gasteiger partial charge < -0.3 is 5.32 Å². The molecule has 4 rings (SSSR count). The van der Waals surface area contributed by atoms with Crippen LogP contribution in [0.3, 0.4) is 0 Å². The van der Waals surface area contributed by atoms with Gasteiger partial charge in [0.1, 0.15) is 17.3 Å². The Kier molecular flexibility index (Phi) is 4.03. The number of nitrogens with one attached hydrogen (secondary N) is 2. The number of aromatic nitrogens is 3. The number of H-pyrrole nitrogens is 1. The number of halogens is 1. The highest BCUT2D eigenvalue weighted by molar-refractivity contribution is 9.10. The molecule has 0 spiro atoms. The van der Waals surface area contributed by atoms with Crippen LogP contribution in [0.15, 0.2) is 34.9 Å². The lowest BCUT2D eigenvalue weighted by Crippen LogP contribution is -2.23. The van der Waals surface area contributed by atoms with Crippen molar-refractivity contribution in [3.05, 3.63) is 40.5 Å². The predicted molar refractivity (Wildman–Crippen MR) is 97.9 cm³/mol. The fraction of sp³-hybridized carbons (Fsp3) is 0.333. The smallest absolute Gasteiger partial charge is 0.173 e. The quantitative estimate of drug-likeness (QED) is 0.687. The summed E-state index contributed by atoms with van der Waals surface area (Å²) in [6.07, 6.45) is 7.92. The minimum Gasteiger partial charge on any atom is -0.365 e. The molecule has 1 fully saturated rings. The molecule has 1 saturated carbocycles. The molecular formula is C18H18BrN5. The zero-order chi connectivity index (χ0) is 16.5. The van der Waals surface area contributed by atoms with E-state index >= 15 is 0 Å². The third kappa shape index (κ3) is 2.69. The van der Waals surface area contributed by atoms with Crippen LogP contribution in [0.1, 0.15) is 37.7 Å². The van der Waals surface area contributed by atoms with Crippen molar-refractivity contribution in [2.75, 3.05) is 5.32 Å². The first-order chi connectivity index (χ1) is 11.8. The second-order valence-electron chi connectivity index (χ2n) is 6.25. The molecule has 0 unspecified atom stereocenters. The number of nitrogens with zero attached hydrogens (tertiary/aromatic N) is 3. The maximum Gasteiger partial charge on any atom is 0.173 e. The monoisotopic (exact) mass is 383 g/mol. The molecule has 0 saturated heterocycles. The van der Waals surface area contributed by atoms with Gasteiger partial charge in [0.25, 0.3) is 0 Å². The molecule has 24 heavy (non-hydrogen) atoms. The molecule has 1 aliphatic carbocycles. The second kappa shape index (κ2) is 6.33. The zero-order valence-corrected chi connectivity index (χ0v) is 14.8. The van der Waals surface area contributed by atoms with Gasteiger partial charge in [0.15, 0.2) is 11.5 Å². The molecule has 0 radical (unpaired) electrons. The van der Waals surface area contributed by atoms with Gasteiger partial charge in [-0.2, -0.15) is 5.26 Å². The Hall–Kier alpha value is -2.26. The number of aromatic amines is 1. The summed E-state index contributed by atoms with van der Waals surface area (Å²) < 4.78 is 2.93. The van der Waals surface area contributed by atoms with Crippen LogP contribution >= 0.6 is 15.9 Å². The van der Waals surface area contributed by atoms with Gasteiger partial charge in [-0.25, -0.2) is 9.50 Å². The molecule has 2 N–H and O–H groups in total. The van der Waals surface area contributed by atoms with Gasteiger partial charge >= 0.3 is 0 Å². The molecule has 0 atom stereocenters. The Bertz CT molecular complexity index is 894. The molecule has 5 nitrogen and oxygen atoms in total. The van der Waals surface area contributed by atoms with E-state index in [1.54, 1.807) is 6.20 Å². The number of imidazole rings is 1. The van der Waals surface area contributed by atoms with E-state index in [4.69, 9.17) is 4.98 Å². The van der Waals surface area contributed by atoms with E-state index in [-0.39, 0.29) is 0 Å². The SMILES string of the molecule is N#Cc1c[nH]n2c(NC3CCCCC3)c(-c3ccc(Br)cc3)nc12. The number of anilines is 1. The van der Waals surface area contributed by atoms with Crippen molar-refractivity contribution in [3.63, 3.8) is 0 Å². The third-order valence-corrected chi connectivity index (χ3v) is 5.17. The van der Waals surface area contributed by atoms with E-state index < -0.39 is 0 Å². The average molecular weight is 384 g/mol. The number of benzene rings is 1. The lowest BCUT2D eigenvalue weighted by Gasteiger charge is -2.23. The Morgan fingerprint density at radius 3 is 2.67 bits per heavy atom. The van der Waals surface area contributed by atoms with E-state index in [1.165, 1.54) is 32.1 Å². The van der Waals surface area contributed by atoms with Gasteiger partial charge in [-0.05, 0) is 25.0 Å². The highest BCUT2D eigenvalue weighted by Gasteiger charge is 2.21. The molecule has 1 aliphatic rings. The van der Waals surface area contributed by atoms with Gasteiger partial charge in [0.05, 0.1) is 0 Å². The van der Waals surface area contributed by atoms with Crippen LogP contribution in [-0.2, 0) is 0 Å². The van der Waals surface area contributed by atoms with Crippen LogP contribution in [0.2, 0.25) is 0 Å².